The number of aromatic nitrogens is 1. The Hall–Kier alpha value is -2.03. The molecule has 0 N–H and O–H groups in total. The van der Waals surface area contributed by atoms with Gasteiger partial charge in [0.15, 0.2) is 0 Å². The number of halogens is 3. The number of carbonyl (C=O) groups is 1. The number of hydrogen-bond acceptors (Lipinski definition) is 5. The van der Waals surface area contributed by atoms with Crippen LogP contribution >= 0.6 is 0 Å². The highest BCUT2D eigenvalue weighted by atomic mass is 19.4. The van der Waals surface area contributed by atoms with Crippen molar-refractivity contribution < 1.29 is 32.2 Å². The van der Waals surface area contributed by atoms with Crippen LogP contribution in [-0.2, 0) is 15.7 Å². The zero-order valence-corrected chi connectivity index (χ0v) is 17.0. The van der Waals surface area contributed by atoms with Gasteiger partial charge in [0.05, 0.1) is 24.3 Å². The first kappa shape index (κ1) is 21.7. The van der Waals surface area contributed by atoms with E-state index >= 15 is 0 Å². The van der Waals surface area contributed by atoms with Crippen LogP contribution in [0.5, 0.6) is 5.88 Å². The van der Waals surface area contributed by atoms with Crippen LogP contribution in [0.15, 0.2) is 18.3 Å². The van der Waals surface area contributed by atoms with Gasteiger partial charge in [0.25, 0.3) is 0 Å². The second-order valence-electron chi connectivity index (χ2n) is 8.59. The Morgan fingerprint density at radius 2 is 1.97 bits per heavy atom. The van der Waals surface area contributed by atoms with E-state index in [1.165, 1.54) is 6.07 Å². The first-order valence-corrected chi connectivity index (χ1v) is 9.70. The molecule has 162 valence electrons. The van der Waals surface area contributed by atoms with E-state index in [0.717, 1.165) is 25.1 Å². The van der Waals surface area contributed by atoms with E-state index in [-0.39, 0.29) is 30.0 Å². The lowest BCUT2D eigenvalue weighted by molar-refractivity contribution is -0.137. The highest BCUT2D eigenvalue weighted by molar-refractivity contribution is 5.69. The Kier molecular flexibility index (Phi) is 5.98. The molecule has 3 heterocycles. The third-order valence-corrected chi connectivity index (χ3v) is 5.33. The molecule has 9 heteroatoms. The van der Waals surface area contributed by atoms with Crippen LogP contribution in [0.1, 0.15) is 45.6 Å². The quantitative estimate of drug-likeness (QED) is 0.733. The highest BCUT2D eigenvalue weighted by Gasteiger charge is 2.51. The lowest BCUT2D eigenvalue weighted by Gasteiger charge is -2.53. The number of carbonyl (C=O) groups excluding carboxylic acids is 1. The molecule has 1 saturated carbocycles. The highest BCUT2D eigenvalue weighted by Crippen LogP contribution is 2.42. The minimum absolute atomic E-state index is 0.114. The summed E-state index contributed by atoms with van der Waals surface area (Å²) in [6, 6.07) is 1.80. The van der Waals surface area contributed by atoms with E-state index in [1.54, 1.807) is 32.8 Å². The number of rotatable bonds is 4. The second kappa shape index (κ2) is 8.01. The van der Waals surface area contributed by atoms with E-state index in [4.69, 9.17) is 14.2 Å². The Bertz CT molecular complexity index is 718. The summed E-state index contributed by atoms with van der Waals surface area (Å²) in [5, 5.41) is 0. The number of pyridine rings is 1. The number of methoxy groups -OCH3 is 1. The van der Waals surface area contributed by atoms with E-state index < -0.39 is 23.4 Å². The SMILES string of the molecule is COC[C@@H]1[C@@H]2CC[C@@H]([C@H](Oc3ccc(C(F)(F)F)cn3)C2)N1C(=O)OC(C)(C)C. The standard InChI is InChI=1S/C20H27F3N2O4/c1-19(2,3)29-18(26)25-14-7-5-12(15(25)11-27-4)9-16(14)28-17-8-6-13(10-24-17)20(21,22)23/h6,8,10,12,14-16H,5,7,9,11H2,1-4H3/t12-,14+,15-,16-/m1/s1. The van der Waals surface area contributed by atoms with Crippen LogP contribution in [-0.4, -0.2) is 53.5 Å². The number of ether oxygens (including phenoxy) is 3. The zero-order chi connectivity index (χ0) is 21.4. The second-order valence-corrected chi connectivity index (χ2v) is 8.59. The van der Waals surface area contributed by atoms with Crippen molar-refractivity contribution in [2.45, 2.75) is 70.0 Å². The molecule has 1 aromatic heterocycles. The fourth-order valence-corrected chi connectivity index (χ4v) is 4.16. The van der Waals surface area contributed by atoms with Gasteiger partial charge in [0, 0.05) is 19.4 Å². The summed E-state index contributed by atoms with van der Waals surface area (Å²) in [4.78, 5) is 18.4. The molecule has 6 nitrogen and oxygen atoms in total. The Morgan fingerprint density at radius 1 is 1.24 bits per heavy atom. The van der Waals surface area contributed by atoms with Crippen molar-refractivity contribution >= 4 is 6.09 Å². The maximum Gasteiger partial charge on any atom is 0.417 e. The van der Waals surface area contributed by atoms with Gasteiger partial charge < -0.3 is 14.2 Å². The molecular weight excluding hydrogens is 389 g/mol. The Morgan fingerprint density at radius 3 is 2.52 bits per heavy atom. The van der Waals surface area contributed by atoms with Gasteiger partial charge in [0.1, 0.15) is 11.7 Å². The van der Waals surface area contributed by atoms with Crippen LogP contribution in [0.3, 0.4) is 0 Å². The van der Waals surface area contributed by atoms with Crippen molar-refractivity contribution in [2.75, 3.05) is 13.7 Å². The predicted molar refractivity (Wildman–Crippen MR) is 98.5 cm³/mol. The summed E-state index contributed by atoms with van der Waals surface area (Å²) in [6.45, 7) is 5.81. The number of alkyl halides is 3. The topological polar surface area (TPSA) is 60.9 Å². The molecule has 2 saturated heterocycles. The minimum atomic E-state index is -4.45. The molecule has 2 bridgehead atoms. The molecule has 0 unspecified atom stereocenters. The summed E-state index contributed by atoms with van der Waals surface area (Å²) in [5.41, 5.74) is -1.47. The molecule has 0 radical (unpaired) electrons. The normalized spacial score (nSPS) is 27.1. The summed E-state index contributed by atoms with van der Waals surface area (Å²) >= 11 is 0. The number of amides is 1. The fourth-order valence-electron chi connectivity index (χ4n) is 4.16. The van der Waals surface area contributed by atoms with E-state index in [0.29, 0.717) is 13.0 Å². The average Bonchev–Trinajstić information content (AvgIpc) is 2.61. The average molecular weight is 416 g/mol. The predicted octanol–water partition coefficient (Wildman–Crippen LogP) is 4.28. The van der Waals surface area contributed by atoms with Gasteiger partial charge in [-0.3, -0.25) is 4.90 Å². The molecule has 0 aromatic carbocycles. The summed E-state index contributed by atoms with van der Waals surface area (Å²) in [5.74, 6) is 0.273. The van der Waals surface area contributed by atoms with Crippen molar-refractivity contribution in [2.24, 2.45) is 5.92 Å². The first-order chi connectivity index (χ1) is 13.5. The minimum Gasteiger partial charge on any atom is -0.472 e. The maximum atomic E-state index is 12.9. The van der Waals surface area contributed by atoms with Gasteiger partial charge >= 0.3 is 12.3 Å². The molecule has 1 aliphatic carbocycles. The third kappa shape index (κ3) is 4.94. The van der Waals surface area contributed by atoms with Gasteiger partial charge in [-0.2, -0.15) is 13.2 Å². The third-order valence-electron chi connectivity index (χ3n) is 5.33. The first-order valence-electron chi connectivity index (χ1n) is 9.70. The van der Waals surface area contributed by atoms with Crippen LogP contribution in [0.4, 0.5) is 18.0 Å². The fraction of sp³-hybridized carbons (Fsp3) is 0.700. The molecule has 29 heavy (non-hydrogen) atoms. The van der Waals surface area contributed by atoms with Crippen LogP contribution in [0.2, 0.25) is 0 Å². The molecule has 4 atom stereocenters. The van der Waals surface area contributed by atoms with Crippen LogP contribution < -0.4 is 4.74 Å². The summed E-state index contributed by atoms with van der Waals surface area (Å²) < 4.78 is 55.1. The van der Waals surface area contributed by atoms with Crippen molar-refractivity contribution in [3.05, 3.63) is 23.9 Å². The maximum absolute atomic E-state index is 12.9. The number of fused-ring (bicyclic) bond motifs is 3. The van der Waals surface area contributed by atoms with Gasteiger partial charge in [-0.25, -0.2) is 9.78 Å². The van der Waals surface area contributed by atoms with Crippen molar-refractivity contribution in [3.63, 3.8) is 0 Å². The molecule has 2 aliphatic heterocycles. The molecule has 3 fully saturated rings. The van der Waals surface area contributed by atoms with E-state index in [1.807, 2.05) is 0 Å². The van der Waals surface area contributed by atoms with Crippen molar-refractivity contribution in [1.29, 1.82) is 0 Å². The van der Waals surface area contributed by atoms with Gasteiger partial charge in [0.2, 0.25) is 5.88 Å². The lowest BCUT2D eigenvalue weighted by atomic mass is 9.73. The molecule has 1 aromatic rings. The van der Waals surface area contributed by atoms with Gasteiger partial charge in [-0.05, 0) is 52.0 Å². The molecular formula is C20H27F3N2O4. The Labute approximate surface area is 168 Å². The zero-order valence-electron chi connectivity index (χ0n) is 17.0. The van der Waals surface area contributed by atoms with E-state index in [9.17, 15) is 18.0 Å². The molecule has 4 rings (SSSR count). The summed E-state index contributed by atoms with van der Waals surface area (Å²) in [7, 11) is 1.59. The molecule has 3 aliphatic rings. The molecule has 1 amide bonds. The largest absolute Gasteiger partial charge is 0.472 e. The monoisotopic (exact) mass is 416 g/mol. The lowest BCUT2D eigenvalue weighted by Crippen LogP contribution is -2.65. The number of nitrogens with zero attached hydrogens (tertiary/aromatic N) is 2. The number of hydrogen-bond donors (Lipinski definition) is 0. The van der Waals surface area contributed by atoms with Crippen molar-refractivity contribution in [3.8, 4) is 5.88 Å². The number of piperidine rings is 2. The van der Waals surface area contributed by atoms with E-state index in [2.05, 4.69) is 4.98 Å². The van der Waals surface area contributed by atoms with Crippen LogP contribution in [0.25, 0.3) is 0 Å². The Balaban J connectivity index is 1.78. The summed E-state index contributed by atoms with van der Waals surface area (Å²) in [6.07, 6.45) is -2.14. The molecule has 0 spiro atoms. The van der Waals surface area contributed by atoms with Crippen LogP contribution in [0, 0.1) is 5.92 Å². The van der Waals surface area contributed by atoms with Gasteiger partial charge in [-0.1, -0.05) is 0 Å². The smallest absolute Gasteiger partial charge is 0.417 e. The van der Waals surface area contributed by atoms with Gasteiger partial charge in [-0.15, -0.1) is 0 Å². The van der Waals surface area contributed by atoms with Crippen molar-refractivity contribution in [1.82, 2.24) is 9.88 Å².